The first kappa shape index (κ1) is 13.2. The number of hydrogen-bond donors (Lipinski definition) is 1. The minimum Gasteiger partial charge on any atom is -0.484 e. The molecule has 1 amide bonds. The number of nitrogens with two attached hydrogens (primary N) is 1. The van der Waals surface area contributed by atoms with Crippen molar-refractivity contribution in [2.45, 2.75) is 6.54 Å². The first-order chi connectivity index (χ1) is 8.74. The second kappa shape index (κ2) is 6.66. The number of primary amides is 1. The Balaban J connectivity index is 1.91. The van der Waals surface area contributed by atoms with Crippen LogP contribution in [0.4, 0.5) is 0 Å². The smallest absolute Gasteiger partial charge is 0.255 e. The lowest BCUT2D eigenvalue weighted by atomic mass is 10.2. The maximum atomic E-state index is 10.7. The van der Waals surface area contributed by atoms with E-state index < -0.39 is 5.91 Å². The third-order valence-electron chi connectivity index (χ3n) is 2.79. The molecule has 1 aromatic rings. The van der Waals surface area contributed by atoms with E-state index in [1.807, 2.05) is 30.0 Å². The Hall–Kier alpha value is -1.20. The lowest BCUT2D eigenvalue weighted by Crippen LogP contribution is -2.31. The van der Waals surface area contributed by atoms with E-state index in [4.69, 9.17) is 10.5 Å². The van der Waals surface area contributed by atoms with Gasteiger partial charge in [0.25, 0.3) is 5.91 Å². The second-order valence-corrected chi connectivity index (χ2v) is 5.52. The van der Waals surface area contributed by atoms with Crippen molar-refractivity contribution in [2.75, 3.05) is 31.2 Å². The van der Waals surface area contributed by atoms with Gasteiger partial charge in [-0.2, -0.15) is 11.8 Å². The zero-order chi connectivity index (χ0) is 12.8. The fourth-order valence-corrected chi connectivity index (χ4v) is 2.88. The molecule has 0 spiro atoms. The Morgan fingerprint density at radius 1 is 1.39 bits per heavy atom. The number of carbonyl (C=O) groups excluding carboxylic acids is 1. The van der Waals surface area contributed by atoms with Gasteiger partial charge in [0.15, 0.2) is 6.61 Å². The highest BCUT2D eigenvalue weighted by atomic mass is 32.2. The molecular formula is C13H18N2O2S. The summed E-state index contributed by atoms with van der Waals surface area (Å²) in [6.07, 6.45) is 0. The summed E-state index contributed by atoms with van der Waals surface area (Å²) in [6.45, 7) is 3.15. The number of thioether (sulfide) groups is 1. The molecule has 1 aliphatic rings. The molecule has 5 heteroatoms. The predicted octanol–water partition coefficient (Wildman–Crippen LogP) is 1.10. The van der Waals surface area contributed by atoms with E-state index in [1.54, 1.807) is 0 Å². The van der Waals surface area contributed by atoms with Crippen LogP contribution in [0.1, 0.15) is 5.56 Å². The molecule has 1 heterocycles. The summed E-state index contributed by atoms with van der Waals surface area (Å²) in [5.41, 5.74) is 6.27. The monoisotopic (exact) mass is 266 g/mol. The van der Waals surface area contributed by atoms with Crippen LogP contribution in [0.5, 0.6) is 5.75 Å². The maximum Gasteiger partial charge on any atom is 0.255 e. The van der Waals surface area contributed by atoms with Crippen LogP contribution < -0.4 is 10.5 Å². The second-order valence-electron chi connectivity index (χ2n) is 4.29. The fourth-order valence-electron chi connectivity index (χ4n) is 1.91. The molecule has 0 saturated carbocycles. The van der Waals surface area contributed by atoms with E-state index in [-0.39, 0.29) is 6.61 Å². The van der Waals surface area contributed by atoms with Gasteiger partial charge in [-0.15, -0.1) is 0 Å². The Morgan fingerprint density at radius 3 is 2.89 bits per heavy atom. The van der Waals surface area contributed by atoms with Gasteiger partial charge in [0.2, 0.25) is 0 Å². The Morgan fingerprint density at radius 2 is 2.17 bits per heavy atom. The van der Waals surface area contributed by atoms with E-state index in [9.17, 15) is 4.79 Å². The summed E-state index contributed by atoms with van der Waals surface area (Å²) >= 11 is 2.01. The molecular weight excluding hydrogens is 248 g/mol. The summed E-state index contributed by atoms with van der Waals surface area (Å²) in [5.74, 6) is 2.67. The molecule has 1 aliphatic heterocycles. The molecule has 1 aromatic carbocycles. The molecule has 2 N–H and O–H groups in total. The summed E-state index contributed by atoms with van der Waals surface area (Å²) in [6, 6.07) is 7.85. The van der Waals surface area contributed by atoms with Crippen molar-refractivity contribution >= 4 is 17.7 Å². The largest absolute Gasteiger partial charge is 0.484 e. The average molecular weight is 266 g/mol. The quantitative estimate of drug-likeness (QED) is 0.867. The zero-order valence-electron chi connectivity index (χ0n) is 10.3. The molecule has 1 fully saturated rings. The van der Waals surface area contributed by atoms with E-state index in [2.05, 4.69) is 11.0 Å². The standard InChI is InChI=1S/C13H18N2O2S/c14-13(16)10-17-12-3-1-2-11(8-12)9-15-4-6-18-7-5-15/h1-3,8H,4-7,9-10H2,(H2,14,16). The molecule has 18 heavy (non-hydrogen) atoms. The summed E-state index contributed by atoms with van der Waals surface area (Å²) < 4.78 is 5.30. The van der Waals surface area contributed by atoms with Gasteiger partial charge in [0.1, 0.15) is 5.75 Å². The molecule has 1 saturated heterocycles. The van der Waals surface area contributed by atoms with Crippen molar-refractivity contribution in [3.63, 3.8) is 0 Å². The van der Waals surface area contributed by atoms with Gasteiger partial charge in [0, 0.05) is 31.1 Å². The zero-order valence-corrected chi connectivity index (χ0v) is 11.1. The van der Waals surface area contributed by atoms with Crippen LogP contribution in [0.2, 0.25) is 0 Å². The van der Waals surface area contributed by atoms with Crippen molar-refractivity contribution in [2.24, 2.45) is 5.73 Å². The van der Waals surface area contributed by atoms with Gasteiger partial charge in [-0.1, -0.05) is 12.1 Å². The average Bonchev–Trinajstić information content (AvgIpc) is 2.38. The summed E-state index contributed by atoms with van der Waals surface area (Å²) in [7, 11) is 0. The number of hydrogen-bond acceptors (Lipinski definition) is 4. The van der Waals surface area contributed by atoms with Gasteiger partial charge in [-0.3, -0.25) is 9.69 Å². The van der Waals surface area contributed by atoms with Crippen molar-refractivity contribution in [3.8, 4) is 5.75 Å². The molecule has 2 rings (SSSR count). The van der Waals surface area contributed by atoms with Gasteiger partial charge in [-0.25, -0.2) is 0 Å². The third kappa shape index (κ3) is 4.23. The maximum absolute atomic E-state index is 10.7. The molecule has 0 radical (unpaired) electrons. The minimum atomic E-state index is -0.451. The third-order valence-corrected chi connectivity index (χ3v) is 3.73. The van der Waals surface area contributed by atoms with Crippen molar-refractivity contribution in [1.82, 2.24) is 4.90 Å². The van der Waals surface area contributed by atoms with Crippen LogP contribution in [0, 0.1) is 0 Å². The number of carbonyl (C=O) groups is 1. The van der Waals surface area contributed by atoms with Crippen LogP contribution in [-0.2, 0) is 11.3 Å². The topological polar surface area (TPSA) is 55.6 Å². The normalized spacial score (nSPS) is 16.4. The highest BCUT2D eigenvalue weighted by Gasteiger charge is 2.10. The van der Waals surface area contributed by atoms with E-state index in [0.717, 1.165) is 19.6 Å². The minimum absolute atomic E-state index is 0.0657. The van der Waals surface area contributed by atoms with E-state index >= 15 is 0 Å². The van der Waals surface area contributed by atoms with Gasteiger partial charge >= 0.3 is 0 Å². The first-order valence-corrected chi connectivity index (χ1v) is 7.19. The molecule has 4 nitrogen and oxygen atoms in total. The molecule has 0 aromatic heterocycles. The number of ether oxygens (including phenoxy) is 1. The summed E-state index contributed by atoms with van der Waals surface area (Å²) in [4.78, 5) is 13.1. The van der Waals surface area contributed by atoms with Crippen molar-refractivity contribution in [1.29, 1.82) is 0 Å². The number of nitrogens with zero attached hydrogens (tertiary/aromatic N) is 1. The Bertz CT molecular complexity index is 406. The van der Waals surface area contributed by atoms with Crippen LogP contribution in [0.3, 0.4) is 0 Å². The number of amides is 1. The van der Waals surface area contributed by atoms with Crippen LogP contribution in [0.25, 0.3) is 0 Å². The first-order valence-electron chi connectivity index (χ1n) is 6.04. The molecule has 0 atom stereocenters. The van der Waals surface area contributed by atoms with E-state index in [1.165, 1.54) is 17.1 Å². The lowest BCUT2D eigenvalue weighted by Gasteiger charge is -2.26. The Kier molecular flexibility index (Phi) is 4.90. The number of rotatable bonds is 5. The Labute approximate surface area is 111 Å². The number of benzene rings is 1. The lowest BCUT2D eigenvalue weighted by molar-refractivity contribution is -0.119. The van der Waals surface area contributed by atoms with Crippen molar-refractivity contribution in [3.05, 3.63) is 29.8 Å². The van der Waals surface area contributed by atoms with Crippen LogP contribution >= 0.6 is 11.8 Å². The van der Waals surface area contributed by atoms with Crippen LogP contribution in [-0.4, -0.2) is 42.0 Å². The molecule has 98 valence electrons. The molecule has 0 unspecified atom stereocenters. The van der Waals surface area contributed by atoms with E-state index in [0.29, 0.717) is 5.75 Å². The van der Waals surface area contributed by atoms with Crippen molar-refractivity contribution < 1.29 is 9.53 Å². The molecule has 0 bridgehead atoms. The van der Waals surface area contributed by atoms with Crippen LogP contribution in [0.15, 0.2) is 24.3 Å². The van der Waals surface area contributed by atoms with Gasteiger partial charge in [-0.05, 0) is 17.7 Å². The predicted molar refractivity (Wildman–Crippen MR) is 73.7 cm³/mol. The molecule has 0 aliphatic carbocycles. The highest BCUT2D eigenvalue weighted by molar-refractivity contribution is 7.99. The highest BCUT2D eigenvalue weighted by Crippen LogP contribution is 2.17. The van der Waals surface area contributed by atoms with Gasteiger partial charge in [0.05, 0.1) is 0 Å². The fraction of sp³-hybridized carbons (Fsp3) is 0.462. The summed E-state index contributed by atoms with van der Waals surface area (Å²) in [5, 5.41) is 0. The van der Waals surface area contributed by atoms with Gasteiger partial charge < -0.3 is 10.5 Å². The SMILES string of the molecule is NC(=O)COc1cccc(CN2CCSCC2)c1.